The number of halogens is 1. The maximum Gasteiger partial charge on any atom is 0.289 e. The highest BCUT2D eigenvalue weighted by Gasteiger charge is 2.36. The predicted octanol–water partition coefficient (Wildman–Crippen LogP) is 3.25. The van der Waals surface area contributed by atoms with Gasteiger partial charge in [0.05, 0.1) is 10.6 Å². The highest BCUT2D eigenvalue weighted by molar-refractivity contribution is 7.93. The molecule has 1 unspecified atom stereocenters. The molecule has 0 aromatic heterocycles. The minimum atomic E-state index is -4.40. The van der Waals surface area contributed by atoms with E-state index < -0.39 is 36.8 Å². The Bertz CT molecular complexity index is 930. The molecule has 0 fully saturated rings. The van der Waals surface area contributed by atoms with Crippen LogP contribution >= 0.6 is 11.6 Å². The number of para-hydroxylation sites is 1. The molecule has 132 valence electrons. The molecule has 0 aliphatic carbocycles. The summed E-state index contributed by atoms with van der Waals surface area (Å²) in [6, 6.07) is 10.2. The third-order valence-corrected chi connectivity index (χ3v) is 5.80. The van der Waals surface area contributed by atoms with Crippen LogP contribution in [0.2, 0.25) is 0 Å². The third kappa shape index (κ3) is 3.80. The van der Waals surface area contributed by atoms with E-state index in [0.29, 0.717) is 0 Å². The van der Waals surface area contributed by atoms with Gasteiger partial charge in [-0.1, -0.05) is 24.3 Å². The summed E-state index contributed by atoms with van der Waals surface area (Å²) in [6.45, 7) is 3.08. The van der Waals surface area contributed by atoms with E-state index >= 15 is 0 Å². The zero-order chi connectivity index (χ0) is 18.8. The largest absolute Gasteiger partial charge is 0.289 e. The number of aryl methyl sites for hydroxylation is 1. The first-order chi connectivity index (χ1) is 11.7. The number of rotatable bonds is 6. The predicted molar refractivity (Wildman–Crippen MR) is 94.3 cm³/mol. The lowest BCUT2D eigenvalue weighted by Crippen LogP contribution is -2.42. The number of nitrogens with zero attached hydrogens (tertiary/aromatic N) is 2. The molecule has 0 spiro atoms. The molecule has 0 saturated carbocycles. The molecule has 0 amide bonds. The van der Waals surface area contributed by atoms with E-state index in [1.165, 1.54) is 25.1 Å². The summed E-state index contributed by atoms with van der Waals surface area (Å²) < 4.78 is 27.1. The van der Waals surface area contributed by atoms with Gasteiger partial charge in [-0.3, -0.25) is 19.2 Å². The maximum absolute atomic E-state index is 13.1. The van der Waals surface area contributed by atoms with Gasteiger partial charge in [-0.2, -0.15) is 0 Å². The second kappa shape index (κ2) is 7.20. The number of hydrogen-bond donors (Lipinski definition) is 0. The van der Waals surface area contributed by atoms with Crippen molar-refractivity contribution in [2.24, 2.45) is 0 Å². The number of hydrogen-bond acceptors (Lipinski definition) is 5. The SMILES string of the molecule is Cc1cccc(N(C(C)C(=O)Cl)S(=O)(=O)c2ccccc2[N+](=O)[O-])c1. The van der Waals surface area contributed by atoms with Gasteiger partial charge in [0.1, 0.15) is 6.04 Å². The quantitative estimate of drug-likeness (QED) is 0.434. The van der Waals surface area contributed by atoms with Gasteiger partial charge in [0.25, 0.3) is 15.7 Å². The Labute approximate surface area is 150 Å². The van der Waals surface area contributed by atoms with Crippen LogP contribution in [0.5, 0.6) is 0 Å². The molecule has 1 atom stereocenters. The fourth-order valence-corrected chi connectivity index (χ4v) is 4.29. The first kappa shape index (κ1) is 18.9. The van der Waals surface area contributed by atoms with E-state index in [-0.39, 0.29) is 5.69 Å². The van der Waals surface area contributed by atoms with Crippen LogP contribution in [-0.4, -0.2) is 24.6 Å². The Kier molecular flexibility index (Phi) is 5.44. The van der Waals surface area contributed by atoms with Gasteiger partial charge in [-0.25, -0.2) is 8.42 Å². The average molecular weight is 383 g/mol. The van der Waals surface area contributed by atoms with Crippen molar-refractivity contribution < 1.29 is 18.1 Å². The van der Waals surface area contributed by atoms with Crippen LogP contribution in [0, 0.1) is 17.0 Å². The van der Waals surface area contributed by atoms with Crippen molar-refractivity contribution in [3.8, 4) is 0 Å². The van der Waals surface area contributed by atoms with Crippen molar-refractivity contribution in [2.45, 2.75) is 24.8 Å². The molecule has 7 nitrogen and oxygen atoms in total. The summed E-state index contributed by atoms with van der Waals surface area (Å²) >= 11 is 5.53. The van der Waals surface area contributed by atoms with E-state index in [2.05, 4.69) is 0 Å². The molecule has 2 aromatic rings. The van der Waals surface area contributed by atoms with E-state index in [9.17, 15) is 23.3 Å². The lowest BCUT2D eigenvalue weighted by molar-refractivity contribution is -0.387. The molecule has 25 heavy (non-hydrogen) atoms. The molecular weight excluding hydrogens is 368 g/mol. The molecule has 0 heterocycles. The summed E-state index contributed by atoms with van der Waals surface area (Å²) in [6.07, 6.45) is 0. The summed E-state index contributed by atoms with van der Waals surface area (Å²) in [7, 11) is -4.40. The fraction of sp³-hybridized carbons (Fsp3) is 0.188. The Hall–Kier alpha value is -2.45. The number of carbonyl (C=O) groups is 1. The van der Waals surface area contributed by atoms with Crippen molar-refractivity contribution in [3.63, 3.8) is 0 Å². The lowest BCUT2D eigenvalue weighted by Gasteiger charge is -2.28. The van der Waals surface area contributed by atoms with Crippen LogP contribution in [0.3, 0.4) is 0 Å². The number of nitro groups is 1. The van der Waals surface area contributed by atoms with Gasteiger partial charge in [-0.05, 0) is 49.2 Å². The number of sulfonamides is 1. The molecule has 0 radical (unpaired) electrons. The first-order valence-electron chi connectivity index (χ1n) is 7.20. The Balaban J connectivity index is 2.73. The fourth-order valence-electron chi connectivity index (χ4n) is 2.36. The maximum atomic E-state index is 13.1. The zero-order valence-corrected chi connectivity index (χ0v) is 15.0. The second-order valence-corrected chi connectivity index (χ2v) is 7.50. The van der Waals surface area contributed by atoms with E-state index in [0.717, 1.165) is 22.0 Å². The number of benzene rings is 2. The average Bonchev–Trinajstić information content (AvgIpc) is 2.54. The molecule has 2 rings (SSSR count). The first-order valence-corrected chi connectivity index (χ1v) is 9.02. The van der Waals surface area contributed by atoms with Crippen LogP contribution in [0.1, 0.15) is 12.5 Å². The van der Waals surface area contributed by atoms with Gasteiger partial charge in [0, 0.05) is 6.07 Å². The molecule has 0 bridgehead atoms. The highest BCUT2D eigenvalue weighted by atomic mass is 35.5. The van der Waals surface area contributed by atoms with Crippen molar-refractivity contribution in [2.75, 3.05) is 4.31 Å². The van der Waals surface area contributed by atoms with Gasteiger partial charge < -0.3 is 0 Å². The van der Waals surface area contributed by atoms with Crippen molar-refractivity contribution in [1.82, 2.24) is 0 Å². The Morgan fingerprint density at radius 3 is 2.40 bits per heavy atom. The summed E-state index contributed by atoms with van der Waals surface area (Å²) in [5.74, 6) is 0. The van der Waals surface area contributed by atoms with E-state index in [1.54, 1.807) is 25.1 Å². The molecule has 9 heteroatoms. The third-order valence-electron chi connectivity index (χ3n) is 3.54. The minimum Gasteiger partial charge on any atom is -0.279 e. The van der Waals surface area contributed by atoms with Crippen molar-refractivity contribution in [1.29, 1.82) is 0 Å². The Morgan fingerprint density at radius 2 is 1.84 bits per heavy atom. The van der Waals surface area contributed by atoms with Crippen LogP contribution < -0.4 is 4.31 Å². The molecular formula is C16H15ClN2O5S. The normalized spacial score (nSPS) is 12.4. The van der Waals surface area contributed by atoms with Gasteiger partial charge in [0.2, 0.25) is 5.24 Å². The van der Waals surface area contributed by atoms with Crippen LogP contribution in [-0.2, 0) is 14.8 Å². The molecule has 0 aliphatic rings. The van der Waals surface area contributed by atoms with Crippen LogP contribution in [0.15, 0.2) is 53.4 Å². The van der Waals surface area contributed by atoms with Crippen LogP contribution in [0.25, 0.3) is 0 Å². The van der Waals surface area contributed by atoms with Gasteiger partial charge in [0.15, 0.2) is 4.90 Å². The molecule has 0 saturated heterocycles. The van der Waals surface area contributed by atoms with Crippen molar-refractivity contribution >= 4 is 38.2 Å². The smallest absolute Gasteiger partial charge is 0.279 e. The molecule has 0 N–H and O–H groups in total. The monoisotopic (exact) mass is 382 g/mol. The summed E-state index contributed by atoms with van der Waals surface area (Å²) in [5, 5.41) is 10.3. The van der Waals surface area contributed by atoms with E-state index in [4.69, 9.17) is 11.6 Å². The van der Waals surface area contributed by atoms with Crippen molar-refractivity contribution in [3.05, 3.63) is 64.2 Å². The number of anilines is 1. The van der Waals surface area contributed by atoms with Gasteiger partial charge in [-0.15, -0.1) is 0 Å². The molecule has 2 aromatic carbocycles. The standard InChI is InChI=1S/C16H15ClN2O5S/c1-11-6-5-7-13(10-11)18(12(2)16(17)20)25(23,24)15-9-4-3-8-14(15)19(21)22/h3-10,12H,1-2H3. The summed E-state index contributed by atoms with van der Waals surface area (Å²) in [4.78, 5) is 21.6. The summed E-state index contributed by atoms with van der Waals surface area (Å²) in [5.41, 5.74) is 0.378. The zero-order valence-electron chi connectivity index (χ0n) is 13.4. The topological polar surface area (TPSA) is 97.6 Å². The minimum absolute atomic E-state index is 0.194. The van der Waals surface area contributed by atoms with Crippen LogP contribution in [0.4, 0.5) is 11.4 Å². The number of nitro benzene ring substituents is 1. The highest BCUT2D eigenvalue weighted by Crippen LogP contribution is 2.32. The second-order valence-electron chi connectivity index (χ2n) is 5.34. The Morgan fingerprint density at radius 1 is 1.20 bits per heavy atom. The lowest BCUT2D eigenvalue weighted by atomic mass is 10.2. The van der Waals surface area contributed by atoms with E-state index in [1.807, 2.05) is 0 Å². The van der Waals surface area contributed by atoms with Gasteiger partial charge >= 0.3 is 0 Å². The number of carbonyl (C=O) groups excluding carboxylic acids is 1. The molecule has 0 aliphatic heterocycles.